The Balaban J connectivity index is 1.90. The minimum Gasteiger partial charge on any atom is -0.388 e. The van der Waals surface area contributed by atoms with E-state index in [1.54, 1.807) is 4.90 Å². The average molecular weight is 214 g/mol. The van der Waals surface area contributed by atoms with Crippen molar-refractivity contribution in [1.82, 2.24) is 10.2 Å². The highest BCUT2D eigenvalue weighted by Gasteiger charge is 2.35. The molecular weight excluding hydrogens is 196 g/mol. The Kier molecular flexibility index (Phi) is 3.23. The highest BCUT2D eigenvalue weighted by atomic mass is 16.3. The standard InChI is InChI=1S/C10H18N2O3/c13-8-5-12(6-9(8)14)10(15)7-1-3-11-4-2-7/h7-9,11,13-14H,1-6H2. The molecular formula is C10H18N2O3. The molecule has 2 aliphatic heterocycles. The molecule has 0 aromatic rings. The first-order chi connectivity index (χ1) is 7.18. The minimum atomic E-state index is -0.768. The first-order valence-electron chi connectivity index (χ1n) is 5.54. The van der Waals surface area contributed by atoms with Crippen LogP contribution < -0.4 is 5.32 Å². The van der Waals surface area contributed by atoms with Crippen molar-refractivity contribution in [2.75, 3.05) is 26.2 Å². The molecule has 3 N–H and O–H groups in total. The molecule has 2 fully saturated rings. The summed E-state index contributed by atoms with van der Waals surface area (Å²) < 4.78 is 0. The summed E-state index contributed by atoms with van der Waals surface area (Å²) in [4.78, 5) is 13.6. The normalized spacial score (nSPS) is 33.3. The fraction of sp³-hybridized carbons (Fsp3) is 0.900. The Hall–Kier alpha value is -0.650. The lowest BCUT2D eigenvalue weighted by Crippen LogP contribution is -2.40. The van der Waals surface area contributed by atoms with E-state index in [9.17, 15) is 15.0 Å². The van der Waals surface area contributed by atoms with E-state index in [1.165, 1.54) is 0 Å². The van der Waals surface area contributed by atoms with Crippen molar-refractivity contribution < 1.29 is 15.0 Å². The highest BCUT2D eigenvalue weighted by Crippen LogP contribution is 2.19. The van der Waals surface area contributed by atoms with Gasteiger partial charge in [-0.05, 0) is 25.9 Å². The average Bonchev–Trinajstić information content (AvgIpc) is 2.59. The molecule has 0 aliphatic carbocycles. The molecule has 86 valence electrons. The zero-order chi connectivity index (χ0) is 10.8. The van der Waals surface area contributed by atoms with Gasteiger partial charge in [-0.25, -0.2) is 0 Å². The lowest BCUT2D eigenvalue weighted by molar-refractivity contribution is -0.135. The maximum atomic E-state index is 12.0. The van der Waals surface area contributed by atoms with Crippen molar-refractivity contribution in [3.05, 3.63) is 0 Å². The SMILES string of the molecule is O=C(C1CCNCC1)N1CC(O)C(O)C1. The molecule has 0 spiro atoms. The van der Waals surface area contributed by atoms with Gasteiger partial charge in [0.05, 0.1) is 12.2 Å². The number of amides is 1. The van der Waals surface area contributed by atoms with E-state index >= 15 is 0 Å². The number of hydrogen-bond acceptors (Lipinski definition) is 4. The van der Waals surface area contributed by atoms with Gasteiger partial charge in [0, 0.05) is 19.0 Å². The summed E-state index contributed by atoms with van der Waals surface area (Å²) in [6.07, 6.45) is 0.189. The molecule has 5 heteroatoms. The Morgan fingerprint density at radius 3 is 2.20 bits per heavy atom. The number of carbonyl (C=O) groups is 1. The predicted octanol–water partition coefficient (Wildman–Crippen LogP) is -1.45. The van der Waals surface area contributed by atoms with Crippen molar-refractivity contribution in [3.8, 4) is 0 Å². The number of carbonyl (C=O) groups excluding carboxylic acids is 1. The van der Waals surface area contributed by atoms with Crippen LogP contribution in [0.4, 0.5) is 0 Å². The number of likely N-dealkylation sites (tertiary alicyclic amines) is 1. The van der Waals surface area contributed by atoms with Crippen molar-refractivity contribution in [1.29, 1.82) is 0 Å². The molecule has 1 amide bonds. The second-order valence-electron chi connectivity index (χ2n) is 4.40. The molecule has 0 aromatic carbocycles. The Bertz CT molecular complexity index is 231. The quantitative estimate of drug-likeness (QED) is 0.499. The first kappa shape index (κ1) is 10.9. The van der Waals surface area contributed by atoms with E-state index < -0.39 is 12.2 Å². The third-order valence-corrected chi connectivity index (χ3v) is 3.26. The first-order valence-corrected chi connectivity index (χ1v) is 5.54. The van der Waals surface area contributed by atoms with Crippen LogP contribution in [-0.4, -0.2) is 59.4 Å². The molecule has 15 heavy (non-hydrogen) atoms. The third-order valence-electron chi connectivity index (χ3n) is 3.26. The summed E-state index contributed by atoms with van der Waals surface area (Å²) >= 11 is 0. The van der Waals surface area contributed by atoms with E-state index in [2.05, 4.69) is 5.32 Å². The van der Waals surface area contributed by atoms with E-state index in [4.69, 9.17) is 0 Å². The van der Waals surface area contributed by atoms with Crippen molar-refractivity contribution in [2.45, 2.75) is 25.0 Å². The van der Waals surface area contributed by atoms with Gasteiger partial charge < -0.3 is 20.4 Å². The van der Waals surface area contributed by atoms with Crippen LogP contribution >= 0.6 is 0 Å². The van der Waals surface area contributed by atoms with Gasteiger partial charge in [-0.1, -0.05) is 0 Å². The van der Waals surface area contributed by atoms with Crippen LogP contribution in [0.5, 0.6) is 0 Å². The van der Waals surface area contributed by atoms with Gasteiger partial charge in [0.25, 0.3) is 0 Å². The second kappa shape index (κ2) is 4.47. The topological polar surface area (TPSA) is 72.8 Å². The number of rotatable bonds is 1. The van der Waals surface area contributed by atoms with Gasteiger partial charge in [0.15, 0.2) is 0 Å². The number of aliphatic hydroxyl groups excluding tert-OH is 2. The van der Waals surface area contributed by atoms with E-state index in [-0.39, 0.29) is 24.9 Å². The number of piperidine rings is 1. The summed E-state index contributed by atoms with van der Waals surface area (Å²) in [5.41, 5.74) is 0. The number of β-amino-alcohol motifs (C(OH)–C–C–N with tert-alkyl or cyclic N) is 2. The van der Waals surface area contributed by atoms with Crippen molar-refractivity contribution >= 4 is 5.91 Å². The smallest absolute Gasteiger partial charge is 0.225 e. The van der Waals surface area contributed by atoms with Crippen LogP contribution in [0.2, 0.25) is 0 Å². The van der Waals surface area contributed by atoms with Crippen molar-refractivity contribution in [2.24, 2.45) is 5.92 Å². The Morgan fingerprint density at radius 2 is 1.67 bits per heavy atom. The second-order valence-corrected chi connectivity index (χ2v) is 4.40. The molecule has 2 atom stereocenters. The van der Waals surface area contributed by atoms with E-state index in [1.807, 2.05) is 0 Å². The van der Waals surface area contributed by atoms with Gasteiger partial charge in [0.2, 0.25) is 5.91 Å². The molecule has 0 radical (unpaired) electrons. The maximum absolute atomic E-state index is 12.0. The molecule has 2 heterocycles. The fourth-order valence-electron chi connectivity index (χ4n) is 2.28. The summed E-state index contributed by atoms with van der Waals surface area (Å²) in [7, 11) is 0. The molecule has 2 unspecified atom stereocenters. The van der Waals surface area contributed by atoms with Crippen LogP contribution in [0.1, 0.15) is 12.8 Å². The molecule has 0 saturated carbocycles. The summed E-state index contributed by atoms with van der Waals surface area (Å²) in [5, 5.41) is 21.9. The van der Waals surface area contributed by atoms with Gasteiger partial charge in [-0.15, -0.1) is 0 Å². The molecule has 2 rings (SSSR count). The summed E-state index contributed by atoms with van der Waals surface area (Å²) in [6, 6.07) is 0. The number of nitrogens with zero attached hydrogens (tertiary/aromatic N) is 1. The maximum Gasteiger partial charge on any atom is 0.225 e. The zero-order valence-corrected chi connectivity index (χ0v) is 8.72. The van der Waals surface area contributed by atoms with Gasteiger partial charge in [-0.3, -0.25) is 4.79 Å². The number of aliphatic hydroxyl groups is 2. The van der Waals surface area contributed by atoms with Gasteiger partial charge in [-0.2, -0.15) is 0 Å². The third kappa shape index (κ3) is 2.30. The largest absolute Gasteiger partial charge is 0.388 e. The Morgan fingerprint density at radius 1 is 1.13 bits per heavy atom. The van der Waals surface area contributed by atoms with Gasteiger partial charge >= 0.3 is 0 Å². The fourth-order valence-corrected chi connectivity index (χ4v) is 2.28. The molecule has 0 bridgehead atoms. The van der Waals surface area contributed by atoms with Crippen LogP contribution in [0.25, 0.3) is 0 Å². The summed E-state index contributed by atoms with van der Waals surface area (Å²) in [5.74, 6) is 0.163. The lowest BCUT2D eigenvalue weighted by atomic mass is 9.97. The molecule has 5 nitrogen and oxygen atoms in total. The minimum absolute atomic E-state index is 0.0729. The summed E-state index contributed by atoms with van der Waals surface area (Å²) in [6.45, 7) is 2.33. The monoisotopic (exact) mass is 214 g/mol. The predicted molar refractivity (Wildman–Crippen MR) is 54.2 cm³/mol. The highest BCUT2D eigenvalue weighted by molar-refractivity contribution is 5.79. The Labute approximate surface area is 89.1 Å². The van der Waals surface area contributed by atoms with Crippen LogP contribution in [0, 0.1) is 5.92 Å². The van der Waals surface area contributed by atoms with Gasteiger partial charge in [0.1, 0.15) is 0 Å². The number of hydrogen-bond donors (Lipinski definition) is 3. The van der Waals surface area contributed by atoms with E-state index in [0.717, 1.165) is 25.9 Å². The molecule has 2 saturated heterocycles. The lowest BCUT2D eigenvalue weighted by Gasteiger charge is -2.26. The van der Waals surface area contributed by atoms with Crippen LogP contribution in [0.15, 0.2) is 0 Å². The molecule has 0 aromatic heterocycles. The zero-order valence-electron chi connectivity index (χ0n) is 8.72. The van der Waals surface area contributed by atoms with E-state index in [0.29, 0.717) is 0 Å². The molecule has 2 aliphatic rings. The number of nitrogens with one attached hydrogen (secondary N) is 1. The van der Waals surface area contributed by atoms with Crippen LogP contribution in [0.3, 0.4) is 0 Å². The van der Waals surface area contributed by atoms with Crippen molar-refractivity contribution in [3.63, 3.8) is 0 Å². The van der Waals surface area contributed by atoms with Crippen LogP contribution in [-0.2, 0) is 4.79 Å².